The van der Waals surface area contributed by atoms with Gasteiger partial charge < -0.3 is 10.6 Å². The minimum absolute atomic E-state index is 0.0837. The second-order valence-electron chi connectivity index (χ2n) is 4.82. The molecular formula is C13H17BrN2O. The Labute approximate surface area is 110 Å². The number of benzene rings is 1. The largest absolute Gasteiger partial charge is 0.337 e. The molecule has 92 valence electrons. The minimum atomic E-state index is 0.0837. The lowest BCUT2D eigenvalue weighted by atomic mass is 10.1. The molecule has 1 amide bonds. The van der Waals surface area contributed by atoms with Gasteiger partial charge >= 0.3 is 0 Å². The van der Waals surface area contributed by atoms with Gasteiger partial charge in [0.1, 0.15) is 0 Å². The summed E-state index contributed by atoms with van der Waals surface area (Å²) in [5.41, 5.74) is 7.76. The number of rotatable bonds is 1. The third-order valence-corrected chi connectivity index (χ3v) is 4.25. The van der Waals surface area contributed by atoms with E-state index in [1.807, 2.05) is 30.0 Å². The summed E-state index contributed by atoms with van der Waals surface area (Å²) in [4.78, 5) is 14.1. The number of nitrogens with two attached hydrogens (primary N) is 1. The Morgan fingerprint density at radius 2 is 2.18 bits per heavy atom. The SMILES string of the molecule is Cc1cc(C(=O)N2CC(C)C(N)C2)ccc1Br. The van der Waals surface area contributed by atoms with Gasteiger partial charge in [0, 0.05) is 29.2 Å². The van der Waals surface area contributed by atoms with Crippen molar-refractivity contribution in [1.82, 2.24) is 4.90 Å². The fourth-order valence-electron chi connectivity index (χ4n) is 2.12. The lowest BCUT2D eigenvalue weighted by Crippen LogP contribution is -2.32. The van der Waals surface area contributed by atoms with E-state index in [-0.39, 0.29) is 11.9 Å². The molecule has 2 unspecified atom stereocenters. The third-order valence-electron chi connectivity index (χ3n) is 3.36. The summed E-state index contributed by atoms with van der Waals surface area (Å²) < 4.78 is 1.03. The van der Waals surface area contributed by atoms with Crippen molar-refractivity contribution in [1.29, 1.82) is 0 Å². The second-order valence-corrected chi connectivity index (χ2v) is 5.67. The zero-order chi connectivity index (χ0) is 12.6. The average molecular weight is 297 g/mol. The summed E-state index contributed by atoms with van der Waals surface area (Å²) in [6.45, 7) is 5.49. The number of aryl methyl sites for hydroxylation is 1. The summed E-state index contributed by atoms with van der Waals surface area (Å²) in [5, 5.41) is 0. The van der Waals surface area contributed by atoms with Gasteiger partial charge in [-0.1, -0.05) is 22.9 Å². The van der Waals surface area contributed by atoms with Crippen molar-refractivity contribution in [2.45, 2.75) is 19.9 Å². The highest BCUT2D eigenvalue weighted by molar-refractivity contribution is 9.10. The molecule has 1 aromatic rings. The molecule has 1 saturated heterocycles. The van der Waals surface area contributed by atoms with Crippen molar-refractivity contribution >= 4 is 21.8 Å². The molecule has 1 aliphatic heterocycles. The molecule has 1 aromatic carbocycles. The van der Waals surface area contributed by atoms with Gasteiger partial charge in [-0.2, -0.15) is 0 Å². The Kier molecular flexibility index (Phi) is 3.54. The number of carbonyl (C=O) groups excluding carboxylic acids is 1. The molecule has 2 N–H and O–H groups in total. The van der Waals surface area contributed by atoms with E-state index in [2.05, 4.69) is 22.9 Å². The van der Waals surface area contributed by atoms with Crippen molar-refractivity contribution in [2.75, 3.05) is 13.1 Å². The number of likely N-dealkylation sites (tertiary alicyclic amines) is 1. The van der Waals surface area contributed by atoms with Gasteiger partial charge in [0.2, 0.25) is 0 Å². The lowest BCUT2D eigenvalue weighted by molar-refractivity contribution is 0.0786. The normalized spacial score (nSPS) is 24.1. The van der Waals surface area contributed by atoms with Gasteiger partial charge in [-0.3, -0.25) is 4.79 Å². The highest BCUT2D eigenvalue weighted by Crippen LogP contribution is 2.21. The van der Waals surface area contributed by atoms with Crippen LogP contribution in [0.5, 0.6) is 0 Å². The maximum absolute atomic E-state index is 12.3. The first-order chi connectivity index (χ1) is 7.99. The Morgan fingerprint density at radius 3 is 2.71 bits per heavy atom. The van der Waals surface area contributed by atoms with E-state index in [0.29, 0.717) is 12.5 Å². The van der Waals surface area contributed by atoms with Crippen molar-refractivity contribution in [3.63, 3.8) is 0 Å². The average Bonchev–Trinajstić information content (AvgIpc) is 2.62. The van der Waals surface area contributed by atoms with Crippen LogP contribution in [0.1, 0.15) is 22.8 Å². The van der Waals surface area contributed by atoms with Crippen LogP contribution in [0.4, 0.5) is 0 Å². The Balaban J connectivity index is 2.17. The Bertz CT molecular complexity index is 437. The summed E-state index contributed by atoms with van der Waals surface area (Å²) in [6.07, 6.45) is 0. The quantitative estimate of drug-likeness (QED) is 0.863. The molecular weight excluding hydrogens is 280 g/mol. The Hall–Kier alpha value is -0.870. The molecule has 2 atom stereocenters. The van der Waals surface area contributed by atoms with Crippen LogP contribution in [0.15, 0.2) is 22.7 Å². The standard InChI is InChI=1S/C13H17BrN2O/c1-8-5-10(3-4-11(8)14)13(17)16-6-9(2)12(15)7-16/h3-5,9,12H,6-7,15H2,1-2H3. The smallest absolute Gasteiger partial charge is 0.253 e. The van der Waals surface area contributed by atoms with E-state index in [9.17, 15) is 4.79 Å². The van der Waals surface area contributed by atoms with Gasteiger partial charge in [0.05, 0.1) is 0 Å². The molecule has 2 rings (SSSR count). The van der Waals surface area contributed by atoms with Gasteiger partial charge in [-0.05, 0) is 36.6 Å². The first-order valence-electron chi connectivity index (χ1n) is 5.80. The summed E-state index contributed by atoms with van der Waals surface area (Å²) in [7, 11) is 0. The fraction of sp³-hybridized carbons (Fsp3) is 0.462. The molecule has 1 aliphatic rings. The number of hydrogen-bond donors (Lipinski definition) is 1. The third kappa shape index (κ3) is 2.53. The number of carbonyl (C=O) groups is 1. The van der Waals surface area contributed by atoms with E-state index in [1.165, 1.54) is 0 Å². The number of nitrogens with zero attached hydrogens (tertiary/aromatic N) is 1. The first-order valence-corrected chi connectivity index (χ1v) is 6.59. The molecule has 0 spiro atoms. The maximum atomic E-state index is 12.3. The maximum Gasteiger partial charge on any atom is 0.253 e. The molecule has 0 aromatic heterocycles. The predicted octanol–water partition coefficient (Wildman–Crippen LogP) is 2.18. The van der Waals surface area contributed by atoms with Crippen molar-refractivity contribution < 1.29 is 4.79 Å². The number of amides is 1. The van der Waals surface area contributed by atoms with E-state index in [1.54, 1.807) is 0 Å². The van der Waals surface area contributed by atoms with Crippen LogP contribution < -0.4 is 5.73 Å². The Morgan fingerprint density at radius 1 is 1.47 bits per heavy atom. The highest BCUT2D eigenvalue weighted by Gasteiger charge is 2.30. The lowest BCUT2D eigenvalue weighted by Gasteiger charge is -2.16. The fourth-order valence-corrected chi connectivity index (χ4v) is 2.36. The molecule has 3 nitrogen and oxygen atoms in total. The van der Waals surface area contributed by atoms with Gasteiger partial charge in [-0.25, -0.2) is 0 Å². The van der Waals surface area contributed by atoms with Crippen molar-refractivity contribution in [3.05, 3.63) is 33.8 Å². The predicted molar refractivity (Wildman–Crippen MR) is 71.9 cm³/mol. The molecule has 0 radical (unpaired) electrons. The van der Waals surface area contributed by atoms with Crippen LogP contribution in [0.2, 0.25) is 0 Å². The van der Waals surface area contributed by atoms with Crippen LogP contribution >= 0.6 is 15.9 Å². The molecule has 1 heterocycles. The molecule has 0 aliphatic carbocycles. The molecule has 1 fully saturated rings. The summed E-state index contributed by atoms with van der Waals surface area (Å²) in [6, 6.07) is 5.80. The van der Waals surface area contributed by atoms with E-state index in [0.717, 1.165) is 22.1 Å². The van der Waals surface area contributed by atoms with Gasteiger partial charge in [0.25, 0.3) is 5.91 Å². The summed E-state index contributed by atoms with van der Waals surface area (Å²) >= 11 is 3.44. The minimum Gasteiger partial charge on any atom is -0.337 e. The summed E-state index contributed by atoms with van der Waals surface area (Å²) in [5.74, 6) is 0.468. The van der Waals surface area contributed by atoms with Crippen LogP contribution in [0, 0.1) is 12.8 Å². The molecule has 4 heteroatoms. The van der Waals surface area contributed by atoms with Crippen molar-refractivity contribution in [2.24, 2.45) is 11.7 Å². The molecule has 0 saturated carbocycles. The van der Waals surface area contributed by atoms with E-state index >= 15 is 0 Å². The number of halogens is 1. The first kappa shape index (κ1) is 12.6. The van der Waals surface area contributed by atoms with Crippen LogP contribution in [-0.4, -0.2) is 29.9 Å². The molecule has 17 heavy (non-hydrogen) atoms. The van der Waals surface area contributed by atoms with Crippen LogP contribution in [-0.2, 0) is 0 Å². The highest BCUT2D eigenvalue weighted by atomic mass is 79.9. The van der Waals surface area contributed by atoms with Gasteiger partial charge in [-0.15, -0.1) is 0 Å². The van der Waals surface area contributed by atoms with Crippen molar-refractivity contribution in [3.8, 4) is 0 Å². The zero-order valence-electron chi connectivity index (χ0n) is 10.1. The van der Waals surface area contributed by atoms with Gasteiger partial charge in [0.15, 0.2) is 0 Å². The topological polar surface area (TPSA) is 46.3 Å². The van der Waals surface area contributed by atoms with Crippen LogP contribution in [0.3, 0.4) is 0 Å². The van der Waals surface area contributed by atoms with Crippen LogP contribution in [0.25, 0.3) is 0 Å². The second kappa shape index (κ2) is 4.78. The van der Waals surface area contributed by atoms with E-state index < -0.39 is 0 Å². The zero-order valence-corrected chi connectivity index (χ0v) is 11.7. The number of hydrogen-bond acceptors (Lipinski definition) is 2. The molecule has 0 bridgehead atoms. The monoisotopic (exact) mass is 296 g/mol. The van der Waals surface area contributed by atoms with E-state index in [4.69, 9.17) is 5.73 Å².